The van der Waals surface area contributed by atoms with E-state index in [0.717, 1.165) is 0 Å². The van der Waals surface area contributed by atoms with E-state index in [1.54, 1.807) is 6.07 Å². The summed E-state index contributed by atoms with van der Waals surface area (Å²) in [5.74, 6) is -1.53. The van der Waals surface area contributed by atoms with Crippen LogP contribution in [0.1, 0.15) is 18.4 Å². The zero-order valence-electron chi connectivity index (χ0n) is 14.0. The van der Waals surface area contributed by atoms with Crippen molar-refractivity contribution in [1.82, 2.24) is 9.80 Å². The van der Waals surface area contributed by atoms with Crippen LogP contribution in [0.3, 0.4) is 0 Å². The third-order valence-corrected chi connectivity index (χ3v) is 5.87. The van der Waals surface area contributed by atoms with E-state index in [-0.39, 0.29) is 52.6 Å². The summed E-state index contributed by atoms with van der Waals surface area (Å²) in [6.45, 7) is 0.602. The third-order valence-electron chi connectivity index (χ3n) is 5.51. The van der Waals surface area contributed by atoms with Crippen molar-refractivity contribution >= 4 is 29.3 Å². The van der Waals surface area contributed by atoms with E-state index in [0.29, 0.717) is 25.9 Å². The van der Waals surface area contributed by atoms with Gasteiger partial charge in [-0.1, -0.05) is 29.8 Å². The summed E-state index contributed by atoms with van der Waals surface area (Å²) >= 11 is 5.97. The molecule has 4 rings (SSSR count). The number of rotatable bonds is 3. The van der Waals surface area contributed by atoms with Crippen LogP contribution >= 0.6 is 11.6 Å². The number of hydrogen-bond donors (Lipinski definition) is 0. The summed E-state index contributed by atoms with van der Waals surface area (Å²) in [6, 6.07) is 4.03. The second-order valence-electron chi connectivity index (χ2n) is 7.03. The van der Waals surface area contributed by atoms with Gasteiger partial charge in [-0.25, -0.2) is 4.39 Å². The van der Waals surface area contributed by atoms with Crippen LogP contribution in [0, 0.1) is 17.7 Å². The average Bonchev–Trinajstić information content (AvgIpc) is 2.83. The molecule has 5 nitrogen and oxygen atoms in total. The molecule has 0 unspecified atom stereocenters. The molecule has 136 valence electrons. The Balaban J connectivity index is 1.39. The number of halogens is 2. The van der Waals surface area contributed by atoms with Crippen LogP contribution in [0.5, 0.6) is 0 Å². The summed E-state index contributed by atoms with van der Waals surface area (Å²) in [4.78, 5) is 40.3. The minimum absolute atomic E-state index is 0.126. The van der Waals surface area contributed by atoms with Crippen LogP contribution in [0.2, 0.25) is 5.02 Å². The Morgan fingerprint density at radius 3 is 2.31 bits per heavy atom. The van der Waals surface area contributed by atoms with Crippen molar-refractivity contribution in [3.63, 3.8) is 0 Å². The number of benzene rings is 1. The lowest BCUT2D eigenvalue weighted by atomic mass is 9.85. The Kier molecular flexibility index (Phi) is 4.31. The van der Waals surface area contributed by atoms with Crippen LogP contribution in [-0.4, -0.2) is 46.7 Å². The highest BCUT2D eigenvalue weighted by Crippen LogP contribution is 2.37. The van der Waals surface area contributed by atoms with Crippen molar-refractivity contribution in [3.05, 3.63) is 46.8 Å². The van der Waals surface area contributed by atoms with E-state index in [9.17, 15) is 18.8 Å². The second-order valence-corrected chi connectivity index (χ2v) is 7.44. The van der Waals surface area contributed by atoms with Gasteiger partial charge in [0.25, 0.3) is 0 Å². The molecule has 3 aliphatic rings. The first-order chi connectivity index (χ1) is 12.5. The van der Waals surface area contributed by atoms with Gasteiger partial charge in [0, 0.05) is 23.7 Å². The molecule has 26 heavy (non-hydrogen) atoms. The first kappa shape index (κ1) is 17.2. The highest BCUT2D eigenvalue weighted by Gasteiger charge is 2.52. The number of fused-ring (bicyclic) bond motifs is 1. The first-order valence-corrected chi connectivity index (χ1v) is 9.07. The van der Waals surface area contributed by atoms with Crippen LogP contribution in [0.15, 0.2) is 30.4 Å². The highest BCUT2D eigenvalue weighted by atomic mass is 35.5. The molecule has 0 radical (unpaired) electrons. The average molecular weight is 377 g/mol. The number of carbonyl (C=O) groups is 3. The zero-order valence-corrected chi connectivity index (χ0v) is 14.8. The van der Waals surface area contributed by atoms with Gasteiger partial charge in [0.1, 0.15) is 5.82 Å². The van der Waals surface area contributed by atoms with Crippen molar-refractivity contribution in [2.24, 2.45) is 11.8 Å². The molecule has 1 aromatic carbocycles. The number of amides is 3. The number of nitrogens with zero attached hydrogens (tertiary/aromatic N) is 2. The van der Waals surface area contributed by atoms with Gasteiger partial charge < -0.3 is 4.90 Å². The first-order valence-electron chi connectivity index (χ1n) is 8.70. The van der Waals surface area contributed by atoms with E-state index in [2.05, 4.69) is 0 Å². The van der Waals surface area contributed by atoms with Gasteiger partial charge in [0.2, 0.25) is 17.7 Å². The van der Waals surface area contributed by atoms with Gasteiger partial charge in [-0.3, -0.25) is 19.3 Å². The van der Waals surface area contributed by atoms with Gasteiger partial charge in [-0.15, -0.1) is 0 Å². The molecule has 1 aliphatic carbocycles. The van der Waals surface area contributed by atoms with E-state index >= 15 is 0 Å². The predicted molar refractivity (Wildman–Crippen MR) is 92.7 cm³/mol. The van der Waals surface area contributed by atoms with Crippen molar-refractivity contribution in [1.29, 1.82) is 0 Å². The van der Waals surface area contributed by atoms with Gasteiger partial charge in [0.05, 0.1) is 24.3 Å². The smallest absolute Gasteiger partial charge is 0.233 e. The fourth-order valence-electron chi connectivity index (χ4n) is 3.97. The molecule has 2 aliphatic heterocycles. The number of allylic oxidation sites excluding steroid dienone is 2. The molecular weight excluding hydrogens is 359 g/mol. The second kappa shape index (κ2) is 6.50. The monoisotopic (exact) mass is 376 g/mol. The minimum atomic E-state index is -0.510. The molecule has 2 heterocycles. The van der Waals surface area contributed by atoms with Gasteiger partial charge in [-0.05, 0) is 25.0 Å². The summed E-state index contributed by atoms with van der Waals surface area (Å²) in [6.07, 6.45) is 4.98. The van der Waals surface area contributed by atoms with Crippen LogP contribution in [-0.2, 0) is 20.8 Å². The van der Waals surface area contributed by atoms with Gasteiger partial charge >= 0.3 is 0 Å². The molecule has 0 aromatic heterocycles. The minimum Gasteiger partial charge on any atom is -0.338 e. The van der Waals surface area contributed by atoms with Gasteiger partial charge in [-0.2, -0.15) is 0 Å². The number of likely N-dealkylation sites (tertiary alicyclic amines) is 2. The lowest BCUT2D eigenvalue weighted by Crippen LogP contribution is -2.62. The maximum absolute atomic E-state index is 13.8. The number of imide groups is 1. The lowest BCUT2D eigenvalue weighted by Gasteiger charge is -2.43. The van der Waals surface area contributed by atoms with Gasteiger partial charge in [0.15, 0.2) is 0 Å². The molecule has 1 aromatic rings. The van der Waals surface area contributed by atoms with Crippen molar-refractivity contribution in [2.45, 2.75) is 25.3 Å². The highest BCUT2D eigenvalue weighted by molar-refractivity contribution is 6.31. The van der Waals surface area contributed by atoms with Crippen molar-refractivity contribution < 1.29 is 18.8 Å². The molecule has 0 spiro atoms. The summed E-state index contributed by atoms with van der Waals surface area (Å²) in [5.41, 5.74) is 0.174. The van der Waals surface area contributed by atoms with E-state index in [1.165, 1.54) is 21.9 Å². The summed E-state index contributed by atoms with van der Waals surface area (Å²) in [5, 5.41) is 0.219. The normalized spacial score (nSPS) is 25.5. The quantitative estimate of drug-likeness (QED) is 0.600. The molecule has 0 bridgehead atoms. The molecule has 7 heteroatoms. The standard InChI is InChI=1S/C19H18ClFN2O3/c20-15-6-3-7-16(21)14(15)8-17(24)22-9-11(10-22)23-18(25)12-4-1-2-5-13(12)19(23)26/h1-3,6-7,11-13H,4-5,8-10H2/t12-,13+. The number of carbonyl (C=O) groups excluding carboxylic acids is 3. The van der Waals surface area contributed by atoms with Crippen molar-refractivity contribution in [3.8, 4) is 0 Å². The Labute approximate surface area is 155 Å². The maximum atomic E-state index is 13.8. The van der Waals surface area contributed by atoms with E-state index < -0.39 is 5.82 Å². The van der Waals surface area contributed by atoms with Crippen LogP contribution in [0.4, 0.5) is 4.39 Å². The summed E-state index contributed by atoms with van der Waals surface area (Å²) < 4.78 is 13.8. The van der Waals surface area contributed by atoms with Crippen molar-refractivity contribution in [2.75, 3.05) is 13.1 Å². The number of hydrogen-bond acceptors (Lipinski definition) is 3. The molecule has 2 fully saturated rings. The van der Waals surface area contributed by atoms with E-state index in [4.69, 9.17) is 11.6 Å². The fourth-order valence-corrected chi connectivity index (χ4v) is 4.20. The molecule has 0 saturated carbocycles. The lowest BCUT2D eigenvalue weighted by molar-refractivity contribution is -0.152. The van der Waals surface area contributed by atoms with Crippen LogP contribution in [0.25, 0.3) is 0 Å². The van der Waals surface area contributed by atoms with Crippen LogP contribution < -0.4 is 0 Å². The largest absolute Gasteiger partial charge is 0.338 e. The SMILES string of the molecule is O=C(Cc1c(F)cccc1Cl)N1CC(N2C(=O)[C@H]3CC=CC[C@H]3C2=O)C1. The fraction of sp³-hybridized carbons (Fsp3) is 0.421. The van der Waals surface area contributed by atoms with E-state index in [1.807, 2.05) is 12.2 Å². The Bertz CT molecular complexity index is 773. The molecular formula is C19H18ClFN2O3. The topological polar surface area (TPSA) is 57.7 Å². The molecule has 2 saturated heterocycles. The zero-order chi connectivity index (χ0) is 18.4. The maximum Gasteiger partial charge on any atom is 0.233 e. The Morgan fingerprint density at radius 1 is 1.12 bits per heavy atom. The molecule has 2 atom stereocenters. The Morgan fingerprint density at radius 2 is 1.73 bits per heavy atom. The molecule has 3 amide bonds. The summed E-state index contributed by atoms with van der Waals surface area (Å²) in [7, 11) is 0. The Hall–Kier alpha value is -2.21. The molecule has 0 N–H and O–H groups in total. The predicted octanol–water partition coefficient (Wildman–Crippen LogP) is 2.18. The third kappa shape index (κ3) is 2.72.